The number of hydrogen-bond acceptors (Lipinski definition) is 5. The van der Waals surface area contributed by atoms with Gasteiger partial charge in [-0.15, -0.1) is 0 Å². The molecular weight excluding hydrogens is 258 g/mol. The summed E-state index contributed by atoms with van der Waals surface area (Å²) in [5.74, 6) is 0.146. The minimum Gasteiger partial charge on any atom is -0.487 e. The molecule has 18 heavy (non-hydrogen) atoms. The highest BCUT2D eigenvalue weighted by Gasteiger charge is 2.16. The van der Waals surface area contributed by atoms with Gasteiger partial charge in [-0.05, 0) is 31.2 Å². The Kier molecular flexibility index (Phi) is 5.91. The van der Waals surface area contributed by atoms with Crippen molar-refractivity contribution in [1.29, 1.82) is 0 Å². The second kappa shape index (κ2) is 7.20. The van der Waals surface area contributed by atoms with Crippen molar-refractivity contribution in [2.75, 3.05) is 13.7 Å². The Morgan fingerprint density at radius 2 is 2.00 bits per heavy atom. The number of methoxy groups -OCH3 is 1. The normalized spacial score (nSPS) is 13.8. The zero-order chi connectivity index (χ0) is 13.5. The molecule has 0 aromatic heterocycles. The van der Waals surface area contributed by atoms with Crippen LogP contribution in [0, 0.1) is 0 Å². The number of ether oxygens (including phenoxy) is 3. The molecule has 1 aromatic rings. The molecule has 0 saturated heterocycles. The van der Waals surface area contributed by atoms with Crippen molar-refractivity contribution in [1.82, 2.24) is 0 Å². The third kappa shape index (κ3) is 4.91. The molecule has 2 atom stereocenters. The van der Waals surface area contributed by atoms with Crippen molar-refractivity contribution in [2.24, 2.45) is 5.73 Å². The molecular formula is C12H16ClNO4. The summed E-state index contributed by atoms with van der Waals surface area (Å²) in [6, 6.07) is 6.88. The molecule has 0 fully saturated rings. The van der Waals surface area contributed by atoms with E-state index >= 15 is 0 Å². The van der Waals surface area contributed by atoms with Crippen LogP contribution in [0.2, 0.25) is 5.02 Å². The van der Waals surface area contributed by atoms with Crippen molar-refractivity contribution in [3.8, 4) is 5.75 Å². The smallest absolute Gasteiger partial charge is 0.331 e. The first kappa shape index (κ1) is 14.8. The fourth-order valence-corrected chi connectivity index (χ4v) is 1.28. The standard InChI is InChI=1S/C12H16ClNO4/c1-8(12(14)17-7-11(15)16-2)18-10-5-3-9(13)4-6-10/h3-6,8,12H,7,14H2,1-2H3/t8-,12?/m0/s1. The topological polar surface area (TPSA) is 70.8 Å². The van der Waals surface area contributed by atoms with Crippen molar-refractivity contribution in [3.63, 3.8) is 0 Å². The Bertz CT molecular complexity index is 382. The number of nitrogens with two attached hydrogens (primary N) is 1. The average Bonchev–Trinajstić information content (AvgIpc) is 2.38. The molecule has 0 aliphatic rings. The summed E-state index contributed by atoms with van der Waals surface area (Å²) in [5, 5.41) is 0.626. The largest absolute Gasteiger partial charge is 0.487 e. The SMILES string of the molecule is COC(=O)COC(N)[C@H](C)Oc1ccc(Cl)cc1. The van der Waals surface area contributed by atoms with Crippen LogP contribution in [0.1, 0.15) is 6.92 Å². The van der Waals surface area contributed by atoms with Crippen molar-refractivity contribution < 1.29 is 19.0 Å². The van der Waals surface area contributed by atoms with Gasteiger partial charge < -0.3 is 19.9 Å². The molecule has 0 aliphatic heterocycles. The summed E-state index contributed by atoms with van der Waals surface area (Å²) >= 11 is 5.75. The molecule has 0 spiro atoms. The predicted molar refractivity (Wildman–Crippen MR) is 67.5 cm³/mol. The number of benzene rings is 1. The molecule has 6 heteroatoms. The van der Waals surface area contributed by atoms with E-state index in [0.717, 1.165) is 0 Å². The Hall–Kier alpha value is -1.30. The zero-order valence-electron chi connectivity index (χ0n) is 10.3. The molecule has 100 valence electrons. The van der Waals surface area contributed by atoms with Crippen molar-refractivity contribution >= 4 is 17.6 Å². The third-order valence-corrected chi connectivity index (χ3v) is 2.47. The Morgan fingerprint density at radius 3 is 2.56 bits per heavy atom. The second-order valence-corrected chi connectivity index (χ2v) is 4.07. The molecule has 1 aromatic carbocycles. The van der Waals surface area contributed by atoms with Crippen LogP contribution >= 0.6 is 11.6 Å². The van der Waals surface area contributed by atoms with Crippen molar-refractivity contribution in [2.45, 2.75) is 19.3 Å². The number of halogens is 1. The fourth-order valence-electron chi connectivity index (χ4n) is 1.15. The monoisotopic (exact) mass is 273 g/mol. The lowest BCUT2D eigenvalue weighted by Gasteiger charge is -2.21. The Morgan fingerprint density at radius 1 is 1.39 bits per heavy atom. The van der Waals surface area contributed by atoms with Gasteiger partial charge in [0.25, 0.3) is 0 Å². The van der Waals surface area contributed by atoms with E-state index in [4.69, 9.17) is 26.8 Å². The number of rotatable bonds is 6. The molecule has 2 N–H and O–H groups in total. The van der Waals surface area contributed by atoms with Crippen LogP contribution in [0.3, 0.4) is 0 Å². The predicted octanol–water partition coefficient (Wildman–Crippen LogP) is 1.58. The highest BCUT2D eigenvalue weighted by Crippen LogP contribution is 2.17. The van der Waals surface area contributed by atoms with Gasteiger partial charge in [0.05, 0.1) is 7.11 Å². The first-order valence-corrected chi connectivity index (χ1v) is 5.77. The second-order valence-electron chi connectivity index (χ2n) is 3.63. The van der Waals surface area contributed by atoms with E-state index in [1.165, 1.54) is 7.11 Å². The van der Waals surface area contributed by atoms with Gasteiger partial charge in [-0.2, -0.15) is 0 Å². The minimum absolute atomic E-state index is 0.202. The van der Waals surface area contributed by atoms with Gasteiger partial charge in [0.2, 0.25) is 0 Å². The molecule has 1 rings (SSSR count). The van der Waals surface area contributed by atoms with Crippen LogP contribution in [0.25, 0.3) is 0 Å². The van der Waals surface area contributed by atoms with Gasteiger partial charge in [0.1, 0.15) is 24.7 Å². The molecule has 1 unspecified atom stereocenters. The molecule has 0 aliphatic carbocycles. The van der Waals surface area contributed by atoms with E-state index < -0.39 is 18.3 Å². The van der Waals surface area contributed by atoms with E-state index in [1.54, 1.807) is 31.2 Å². The number of hydrogen-bond donors (Lipinski definition) is 1. The van der Waals surface area contributed by atoms with Gasteiger partial charge in [0, 0.05) is 5.02 Å². The van der Waals surface area contributed by atoms with Gasteiger partial charge in [-0.25, -0.2) is 4.79 Å². The highest BCUT2D eigenvalue weighted by atomic mass is 35.5. The van der Waals surface area contributed by atoms with Crippen LogP contribution in [-0.2, 0) is 14.3 Å². The van der Waals surface area contributed by atoms with Gasteiger partial charge in [0.15, 0.2) is 0 Å². The maximum Gasteiger partial charge on any atom is 0.331 e. The van der Waals surface area contributed by atoms with Crippen LogP contribution in [-0.4, -0.2) is 32.0 Å². The maximum absolute atomic E-state index is 10.9. The lowest BCUT2D eigenvalue weighted by Crippen LogP contribution is -2.40. The van der Waals surface area contributed by atoms with Crippen LogP contribution in [0.5, 0.6) is 5.75 Å². The number of carbonyl (C=O) groups excluding carboxylic acids is 1. The summed E-state index contributed by atoms with van der Waals surface area (Å²) in [7, 11) is 1.28. The van der Waals surface area contributed by atoms with Gasteiger partial charge in [-0.1, -0.05) is 11.6 Å². The Labute approximate surface area is 111 Å². The molecule has 0 heterocycles. The van der Waals surface area contributed by atoms with Crippen LogP contribution in [0.4, 0.5) is 0 Å². The fraction of sp³-hybridized carbons (Fsp3) is 0.417. The average molecular weight is 274 g/mol. The quantitative estimate of drug-likeness (QED) is 0.629. The maximum atomic E-state index is 10.9. The van der Waals surface area contributed by atoms with E-state index in [9.17, 15) is 4.79 Å². The van der Waals surface area contributed by atoms with Gasteiger partial charge in [-0.3, -0.25) is 0 Å². The van der Waals surface area contributed by atoms with E-state index in [0.29, 0.717) is 10.8 Å². The summed E-state index contributed by atoms with van der Waals surface area (Å²) in [4.78, 5) is 10.9. The molecule has 0 radical (unpaired) electrons. The van der Waals surface area contributed by atoms with Crippen molar-refractivity contribution in [3.05, 3.63) is 29.3 Å². The molecule has 0 amide bonds. The molecule has 5 nitrogen and oxygen atoms in total. The first-order chi connectivity index (χ1) is 8.52. The highest BCUT2D eigenvalue weighted by molar-refractivity contribution is 6.30. The zero-order valence-corrected chi connectivity index (χ0v) is 11.0. The lowest BCUT2D eigenvalue weighted by atomic mass is 10.3. The third-order valence-electron chi connectivity index (χ3n) is 2.22. The lowest BCUT2D eigenvalue weighted by molar-refractivity contribution is -0.149. The first-order valence-electron chi connectivity index (χ1n) is 5.39. The van der Waals surface area contributed by atoms with E-state index in [-0.39, 0.29) is 6.61 Å². The molecule has 0 saturated carbocycles. The number of carbonyl (C=O) groups is 1. The summed E-state index contributed by atoms with van der Waals surface area (Å²) in [5.41, 5.74) is 5.72. The van der Waals surface area contributed by atoms with Gasteiger partial charge >= 0.3 is 5.97 Å². The van der Waals surface area contributed by atoms with E-state index in [2.05, 4.69) is 4.74 Å². The Balaban J connectivity index is 2.41. The molecule has 0 bridgehead atoms. The summed E-state index contributed by atoms with van der Waals surface area (Å²) in [6.45, 7) is 1.54. The number of esters is 1. The van der Waals surface area contributed by atoms with E-state index in [1.807, 2.05) is 0 Å². The van der Waals surface area contributed by atoms with Crippen LogP contribution < -0.4 is 10.5 Å². The summed E-state index contributed by atoms with van der Waals surface area (Å²) < 4.78 is 15.1. The summed E-state index contributed by atoms with van der Waals surface area (Å²) in [6.07, 6.45) is -1.13. The van der Waals surface area contributed by atoms with Crippen LogP contribution in [0.15, 0.2) is 24.3 Å². The minimum atomic E-state index is -0.722.